The van der Waals surface area contributed by atoms with Crippen molar-refractivity contribution in [3.8, 4) is 0 Å². The van der Waals surface area contributed by atoms with Gasteiger partial charge >= 0.3 is 0 Å². The van der Waals surface area contributed by atoms with Crippen molar-refractivity contribution in [1.29, 1.82) is 0 Å². The number of aromatic nitrogens is 1. The third-order valence-corrected chi connectivity index (χ3v) is 6.63. The molecule has 2 aliphatic rings. The second kappa shape index (κ2) is 8.75. The van der Waals surface area contributed by atoms with Crippen LogP contribution in [0.2, 0.25) is 5.02 Å². The molecule has 2 saturated heterocycles. The number of likely N-dealkylation sites (tertiary alicyclic amines) is 1. The molecule has 31 heavy (non-hydrogen) atoms. The van der Waals surface area contributed by atoms with Crippen LogP contribution in [0.4, 0.5) is 11.4 Å². The lowest BCUT2D eigenvalue weighted by Crippen LogP contribution is -2.47. The minimum absolute atomic E-state index is 0.116. The van der Waals surface area contributed by atoms with E-state index in [0.29, 0.717) is 0 Å². The molecular formula is C25H27ClN4O. The van der Waals surface area contributed by atoms with Crippen LogP contribution < -0.4 is 9.80 Å². The number of benzene rings is 2. The summed E-state index contributed by atoms with van der Waals surface area (Å²) in [5, 5.41) is 1.82. The Morgan fingerprint density at radius 1 is 0.839 bits per heavy atom. The molecule has 2 fully saturated rings. The molecule has 5 rings (SSSR count). The van der Waals surface area contributed by atoms with Gasteiger partial charge in [-0.15, -0.1) is 0 Å². The maximum atomic E-state index is 13.5. The summed E-state index contributed by atoms with van der Waals surface area (Å²) in [6.45, 7) is 5.14. The van der Waals surface area contributed by atoms with Crippen molar-refractivity contribution in [2.45, 2.75) is 19.3 Å². The van der Waals surface area contributed by atoms with Crippen LogP contribution in [0.25, 0.3) is 10.9 Å². The van der Waals surface area contributed by atoms with Crippen molar-refractivity contribution in [2.75, 3.05) is 49.1 Å². The summed E-state index contributed by atoms with van der Waals surface area (Å²) in [4.78, 5) is 24.8. The topological polar surface area (TPSA) is 39.7 Å². The summed E-state index contributed by atoms with van der Waals surface area (Å²) in [5.74, 6) is 0.116. The standard InChI is InChI=1S/C25H27ClN4O/c26-19-7-6-8-20(17-19)28-13-15-29(16-14-28)24-21-9-2-3-10-23(21)27-18-22(24)25(31)30-11-4-1-5-12-30/h2-3,6-10,17-18H,1,4-5,11-16H2. The largest absolute Gasteiger partial charge is 0.368 e. The third kappa shape index (κ3) is 4.07. The summed E-state index contributed by atoms with van der Waals surface area (Å²) in [6, 6.07) is 16.2. The van der Waals surface area contributed by atoms with E-state index in [2.05, 4.69) is 26.9 Å². The molecule has 2 aromatic carbocycles. The van der Waals surface area contributed by atoms with Gasteiger partial charge in [-0.3, -0.25) is 9.78 Å². The maximum Gasteiger partial charge on any atom is 0.257 e. The van der Waals surface area contributed by atoms with Crippen LogP contribution in [0.15, 0.2) is 54.7 Å². The highest BCUT2D eigenvalue weighted by molar-refractivity contribution is 6.30. The SMILES string of the molecule is O=C(c1cnc2ccccc2c1N1CCN(c2cccc(Cl)c2)CC1)N1CCCCC1. The molecule has 0 saturated carbocycles. The minimum atomic E-state index is 0.116. The molecule has 5 nitrogen and oxygen atoms in total. The molecule has 0 N–H and O–H groups in total. The van der Waals surface area contributed by atoms with Gasteiger partial charge in [0.15, 0.2) is 0 Å². The fraction of sp³-hybridized carbons (Fsp3) is 0.360. The number of pyridine rings is 1. The highest BCUT2D eigenvalue weighted by atomic mass is 35.5. The van der Waals surface area contributed by atoms with E-state index in [1.807, 2.05) is 41.3 Å². The normalized spacial score (nSPS) is 17.3. The molecular weight excluding hydrogens is 408 g/mol. The highest BCUT2D eigenvalue weighted by Crippen LogP contribution is 2.32. The Morgan fingerprint density at radius 3 is 2.35 bits per heavy atom. The van der Waals surface area contributed by atoms with Gasteiger partial charge in [0.2, 0.25) is 0 Å². The van der Waals surface area contributed by atoms with Crippen LogP contribution in [0.5, 0.6) is 0 Å². The fourth-order valence-electron chi connectivity index (χ4n) is 4.75. The summed E-state index contributed by atoms with van der Waals surface area (Å²) in [5.41, 5.74) is 3.85. The van der Waals surface area contributed by atoms with Gasteiger partial charge in [0, 0.05) is 61.6 Å². The van der Waals surface area contributed by atoms with Gasteiger partial charge in [-0.1, -0.05) is 35.9 Å². The zero-order chi connectivity index (χ0) is 21.2. The van der Waals surface area contributed by atoms with Gasteiger partial charge in [-0.25, -0.2) is 0 Å². The molecule has 0 radical (unpaired) electrons. The Morgan fingerprint density at radius 2 is 1.58 bits per heavy atom. The van der Waals surface area contributed by atoms with E-state index in [9.17, 15) is 4.79 Å². The van der Waals surface area contributed by atoms with Crippen LogP contribution >= 0.6 is 11.6 Å². The van der Waals surface area contributed by atoms with Crippen molar-refractivity contribution in [3.05, 3.63) is 65.3 Å². The van der Waals surface area contributed by atoms with Crippen molar-refractivity contribution in [2.24, 2.45) is 0 Å². The summed E-state index contributed by atoms with van der Waals surface area (Å²) < 4.78 is 0. The number of nitrogens with zero attached hydrogens (tertiary/aromatic N) is 4. The number of rotatable bonds is 3. The van der Waals surface area contributed by atoms with Crippen LogP contribution in [0.3, 0.4) is 0 Å². The molecule has 0 spiro atoms. The summed E-state index contributed by atoms with van der Waals surface area (Å²) >= 11 is 6.20. The second-order valence-corrected chi connectivity index (χ2v) is 8.78. The summed E-state index contributed by atoms with van der Waals surface area (Å²) in [6.07, 6.45) is 5.16. The minimum Gasteiger partial charge on any atom is -0.368 e. The molecule has 1 aromatic heterocycles. The molecule has 0 aliphatic carbocycles. The lowest BCUT2D eigenvalue weighted by molar-refractivity contribution is 0.0724. The number of fused-ring (bicyclic) bond motifs is 1. The van der Waals surface area contributed by atoms with E-state index in [1.165, 1.54) is 6.42 Å². The molecule has 2 aliphatic heterocycles. The number of piperidine rings is 1. The predicted molar refractivity (Wildman–Crippen MR) is 127 cm³/mol. The van der Waals surface area contributed by atoms with Gasteiger partial charge in [0.05, 0.1) is 16.8 Å². The van der Waals surface area contributed by atoms with Gasteiger partial charge < -0.3 is 14.7 Å². The zero-order valence-corrected chi connectivity index (χ0v) is 18.4. The molecule has 0 atom stereocenters. The van der Waals surface area contributed by atoms with E-state index < -0.39 is 0 Å². The average molecular weight is 435 g/mol. The summed E-state index contributed by atoms with van der Waals surface area (Å²) in [7, 11) is 0. The van der Waals surface area contributed by atoms with E-state index in [4.69, 9.17) is 11.6 Å². The second-order valence-electron chi connectivity index (χ2n) is 8.34. The smallest absolute Gasteiger partial charge is 0.257 e. The number of hydrogen-bond acceptors (Lipinski definition) is 4. The zero-order valence-electron chi connectivity index (χ0n) is 17.6. The van der Waals surface area contributed by atoms with Gasteiger partial charge in [0.25, 0.3) is 5.91 Å². The van der Waals surface area contributed by atoms with Crippen molar-refractivity contribution in [3.63, 3.8) is 0 Å². The molecule has 6 heteroatoms. The van der Waals surface area contributed by atoms with Crippen LogP contribution in [0, 0.1) is 0 Å². The molecule has 3 aromatic rings. The van der Waals surface area contributed by atoms with Crippen molar-refractivity contribution < 1.29 is 4.79 Å². The van der Waals surface area contributed by atoms with E-state index in [-0.39, 0.29) is 5.91 Å². The number of halogens is 1. The maximum absolute atomic E-state index is 13.5. The first-order valence-electron chi connectivity index (χ1n) is 11.1. The number of anilines is 2. The highest BCUT2D eigenvalue weighted by Gasteiger charge is 2.27. The molecule has 0 bridgehead atoms. The Kier molecular flexibility index (Phi) is 5.68. The first kappa shape index (κ1) is 20.1. The van der Waals surface area contributed by atoms with Gasteiger partial charge in [0.1, 0.15) is 0 Å². The van der Waals surface area contributed by atoms with Gasteiger partial charge in [-0.05, 0) is 43.5 Å². The number of piperazine rings is 1. The quantitative estimate of drug-likeness (QED) is 0.591. The molecule has 160 valence electrons. The monoisotopic (exact) mass is 434 g/mol. The Bertz CT molecular complexity index is 1090. The number of carbonyl (C=O) groups excluding carboxylic acids is 1. The first-order valence-corrected chi connectivity index (χ1v) is 11.5. The van der Waals surface area contributed by atoms with E-state index in [1.54, 1.807) is 6.20 Å². The number of carbonyl (C=O) groups is 1. The Balaban J connectivity index is 1.46. The predicted octanol–water partition coefficient (Wildman–Crippen LogP) is 4.84. The average Bonchev–Trinajstić information content (AvgIpc) is 2.83. The van der Waals surface area contributed by atoms with Crippen LogP contribution in [-0.4, -0.2) is 55.1 Å². The number of para-hydroxylation sites is 1. The van der Waals surface area contributed by atoms with E-state index >= 15 is 0 Å². The lowest BCUT2D eigenvalue weighted by atomic mass is 10.0. The fourth-order valence-corrected chi connectivity index (χ4v) is 4.94. The van der Waals surface area contributed by atoms with Crippen molar-refractivity contribution >= 4 is 39.8 Å². The first-order chi connectivity index (χ1) is 15.2. The molecule has 3 heterocycles. The van der Waals surface area contributed by atoms with Crippen LogP contribution in [-0.2, 0) is 0 Å². The van der Waals surface area contributed by atoms with E-state index in [0.717, 1.165) is 85.0 Å². The van der Waals surface area contributed by atoms with Crippen molar-refractivity contribution in [1.82, 2.24) is 9.88 Å². The number of amides is 1. The Labute approximate surface area is 188 Å². The molecule has 0 unspecified atom stereocenters. The molecule has 1 amide bonds. The van der Waals surface area contributed by atoms with Gasteiger partial charge in [-0.2, -0.15) is 0 Å². The lowest BCUT2D eigenvalue weighted by Gasteiger charge is -2.39. The van der Waals surface area contributed by atoms with Crippen LogP contribution in [0.1, 0.15) is 29.6 Å². The number of hydrogen-bond donors (Lipinski definition) is 0. The third-order valence-electron chi connectivity index (χ3n) is 6.39. The Hall–Kier alpha value is -2.79.